The largest absolute Gasteiger partial charge is 0.465 e. The van der Waals surface area contributed by atoms with Crippen molar-refractivity contribution in [3.05, 3.63) is 50.9 Å². The molecule has 1 aromatic carbocycles. The zero-order valence-electron chi connectivity index (χ0n) is 22.8. The van der Waals surface area contributed by atoms with Gasteiger partial charge in [0.25, 0.3) is 5.56 Å². The molecule has 1 aliphatic heterocycles. The molecule has 0 saturated carbocycles. The minimum Gasteiger partial charge on any atom is -0.465 e. The molecule has 0 bridgehead atoms. The molecule has 13 heteroatoms. The molecule has 1 unspecified atom stereocenters. The highest BCUT2D eigenvalue weighted by atomic mass is 16.5. The number of rotatable bonds is 9. The number of likely N-dealkylation sites (tertiary alicyclic amines) is 1. The maximum absolute atomic E-state index is 14.0. The molecule has 2 aromatic heterocycles. The van der Waals surface area contributed by atoms with E-state index in [0.717, 1.165) is 28.5 Å². The number of hydrogen-bond acceptors (Lipinski definition) is 11. The predicted molar refractivity (Wildman–Crippen MR) is 154 cm³/mol. The van der Waals surface area contributed by atoms with Crippen molar-refractivity contribution in [2.24, 2.45) is 5.73 Å². The molecule has 1 atom stereocenters. The van der Waals surface area contributed by atoms with E-state index >= 15 is 0 Å². The zero-order chi connectivity index (χ0) is 28.8. The fourth-order valence-electron chi connectivity index (χ4n) is 4.82. The summed E-state index contributed by atoms with van der Waals surface area (Å²) < 4.78 is 7.06. The Morgan fingerprint density at radius 3 is 2.70 bits per heavy atom. The maximum atomic E-state index is 14.0. The number of nitrogen functional groups attached to an aromatic ring is 2. The molecule has 40 heavy (non-hydrogen) atoms. The molecule has 212 valence electrons. The van der Waals surface area contributed by atoms with Gasteiger partial charge in [-0.1, -0.05) is 18.1 Å². The number of fused-ring (bicyclic) bond motifs is 1. The quantitative estimate of drug-likeness (QED) is 0.240. The van der Waals surface area contributed by atoms with E-state index in [1.165, 1.54) is 0 Å². The molecule has 0 amide bonds. The third kappa shape index (κ3) is 6.24. The number of aromatic nitrogens is 4. The van der Waals surface area contributed by atoms with Gasteiger partial charge < -0.3 is 26.8 Å². The van der Waals surface area contributed by atoms with Gasteiger partial charge in [-0.2, -0.15) is 0 Å². The van der Waals surface area contributed by atoms with Crippen molar-refractivity contribution in [3.63, 3.8) is 0 Å². The number of anilines is 3. The lowest BCUT2D eigenvalue weighted by molar-refractivity contribution is -0.143. The molecule has 0 radical (unpaired) electrons. The summed E-state index contributed by atoms with van der Waals surface area (Å²) in [5, 5.41) is 0.653. The highest BCUT2D eigenvalue weighted by Gasteiger charge is 2.26. The molecule has 1 fully saturated rings. The van der Waals surface area contributed by atoms with Crippen molar-refractivity contribution in [1.29, 1.82) is 0 Å². The maximum Gasteiger partial charge on any atom is 0.333 e. The van der Waals surface area contributed by atoms with E-state index in [0.29, 0.717) is 24.1 Å². The fraction of sp³-hybridized carbons (Fsp3) is 0.444. The SMILES string of the molecule is CC#CCN(CN1CCCC(N)C1)c1c(N)n(CC(=O)OCC)c(=O)n(Cc2nc(N)c3ccccc3n2)c1=O. The Hall–Kier alpha value is -4.41. The third-order valence-electron chi connectivity index (χ3n) is 6.69. The smallest absolute Gasteiger partial charge is 0.333 e. The van der Waals surface area contributed by atoms with Gasteiger partial charge >= 0.3 is 11.7 Å². The third-order valence-corrected chi connectivity index (χ3v) is 6.69. The summed E-state index contributed by atoms with van der Waals surface area (Å²) in [6.45, 7) is 4.60. The second kappa shape index (κ2) is 12.6. The summed E-state index contributed by atoms with van der Waals surface area (Å²) in [6, 6.07) is 7.18. The number of ether oxygens (including phenoxy) is 1. The van der Waals surface area contributed by atoms with Crippen LogP contribution in [0.25, 0.3) is 10.9 Å². The number of carbonyl (C=O) groups excluding carboxylic acids is 1. The van der Waals surface area contributed by atoms with E-state index in [2.05, 4.69) is 26.7 Å². The molecule has 3 aromatic rings. The lowest BCUT2D eigenvalue weighted by atomic mass is 10.1. The number of piperidine rings is 1. The normalized spacial score (nSPS) is 15.4. The van der Waals surface area contributed by atoms with Gasteiger partial charge in [-0.3, -0.25) is 23.6 Å². The van der Waals surface area contributed by atoms with Crippen LogP contribution in [0.15, 0.2) is 33.9 Å². The Bertz CT molecular complexity index is 1570. The second-order valence-corrected chi connectivity index (χ2v) is 9.59. The summed E-state index contributed by atoms with van der Waals surface area (Å²) in [6.07, 6.45) is 1.83. The van der Waals surface area contributed by atoms with E-state index in [4.69, 9.17) is 21.9 Å². The first-order valence-corrected chi connectivity index (χ1v) is 13.2. The first-order valence-electron chi connectivity index (χ1n) is 13.2. The summed E-state index contributed by atoms with van der Waals surface area (Å²) in [7, 11) is 0. The van der Waals surface area contributed by atoms with Crippen molar-refractivity contribution in [1.82, 2.24) is 24.0 Å². The number of para-hydroxylation sites is 1. The fourth-order valence-corrected chi connectivity index (χ4v) is 4.82. The van der Waals surface area contributed by atoms with Gasteiger partial charge in [-0.25, -0.2) is 14.8 Å². The van der Waals surface area contributed by atoms with Crippen LogP contribution in [0.2, 0.25) is 0 Å². The first-order chi connectivity index (χ1) is 19.2. The lowest BCUT2D eigenvalue weighted by Crippen LogP contribution is -2.51. The van der Waals surface area contributed by atoms with Gasteiger partial charge in [0.15, 0.2) is 5.82 Å². The number of carbonyl (C=O) groups is 1. The average Bonchev–Trinajstić information content (AvgIpc) is 2.92. The Kier molecular flexibility index (Phi) is 9.03. The Morgan fingerprint density at radius 1 is 1.20 bits per heavy atom. The average molecular weight is 550 g/mol. The lowest BCUT2D eigenvalue weighted by Gasteiger charge is -2.35. The number of hydrogen-bond donors (Lipinski definition) is 3. The zero-order valence-corrected chi connectivity index (χ0v) is 22.8. The predicted octanol–water partition coefficient (Wildman–Crippen LogP) is -0.0607. The van der Waals surface area contributed by atoms with Crippen molar-refractivity contribution < 1.29 is 9.53 Å². The Labute approximate surface area is 231 Å². The van der Waals surface area contributed by atoms with E-state index in [1.807, 2.05) is 6.07 Å². The van der Waals surface area contributed by atoms with Crippen LogP contribution >= 0.6 is 0 Å². The van der Waals surface area contributed by atoms with Gasteiger partial charge in [0, 0.05) is 18.0 Å². The van der Waals surface area contributed by atoms with Crippen molar-refractivity contribution >= 4 is 34.2 Å². The molecule has 0 spiro atoms. The van der Waals surface area contributed by atoms with Crippen LogP contribution in [0, 0.1) is 11.8 Å². The summed E-state index contributed by atoms with van der Waals surface area (Å²) in [5.41, 5.74) is 17.9. The van der Waals surface area contributed by atoms with Gasteiger partial charge in [-0.05, 0) is 45.4 Å². The summed E-state index contributed by atoms with van der Waals surface area (Å²) >= 11 is 0. The van der Waals surface area contributed by atoms with Gasteiger partial charge in [0.05, 0.1) is 31.9 Å². The van der Waals surface area contributed by atoms with Crippen LogP contribution in [0.5, 0.6) is 0 Å². The molecule has 0 aliphatic carbocycles. The Balaban J connectivity index is 1.85. The molecular weight excluding hydrogens is 514 g/mol. The highest BCUT2D eigenvalue weighted by molar-refractivity contribution is 5.87. The van der Waals surface area contributed by atoms with Crippen LogP contribution in [-0.4, -0.2) is 68.9 Å². The van der Waals surface area contributed by atoms with E-state index in [1.54, 1.807) is 36.9 Å². The number of nitrogens with two attached hydrogens (primary N) is 3. The Morgan fingerprint density at radius 2 is 1.98 bits per heavy atom. The highest BCUT2D eigenvalue weighted by Crippen LogP contribution is 2.20. The summed E-state index contributed by atoms with van der Waals surface area (Å²) in [5.74, 6) is 5.39. The van der Waals surface area contributed by atoms with Gasteiger partial charge in [-0.15, -0.1) is 5.92 Å². The molecule has 6 N–H and O–H groups in total. The van der Waals surface area contributed by atoms with Crippen molar-refractivity contribution in [2.45, 2.75) is 45.8 Å². The summed E-state index contributed by atoms with van der Waals surface area (Å²) in [4.78, 5) is 52.7. The topological polar surface area (TPSA) is 181 Å². The van der Waals surface area contributed by atoms with E-state index < -0.39 is 23.8 Å². The molecule has 4 rings (SSSR count). The van der Waals surface area contributed by atoms with E-state index in [9.17, 15) is 14.4 Å². The molecule has 1 saturated heterocycles. The number of nitrogens with zero attached hydrogens (tertiary/aromatic N) is 6. The molecule has 1 aliphatic rings. The minimum absolute atomic E-state index is 0.00939. The van der Waals surface area contributed by atoms with Gasteiger partial charge in [0.2, 0.25) is 0 Å². The van der Waals surface area contributed by atoms with E-state index in [-0.39, 0.29) is 48.9 Å². The minimum atomic E-state index is -0.795. The molecule has 13 nitrogen and oxygen atoms in total. The molecule has 3 heterocycles. The van der Waals surface area contributed by atoms with Crippen LogP contribution in [0.3, 0.4) is 0 Å². The van der Waals surface area contributed by atoms with Crippen molar-refractivity contribution in [3.8, 4) is 11.8 Å². The van der Waals surface area contributed by atoms with Crippen LogP contribution in [0.1, 0.15) is 32.5 Å². The molecular formula is C27H35N9O4. The van der Waals surface area contributed by atoms with Crippen LogP contribution in [0.4, 0.5) is 17.3 Å². The van der Waals surface area contributed by atoms with Crippen LogP contribution in [-0.2, 0) is 22.6 Å². The number of esters is 1. The second-order valence-electron chi connectivity index (χ2n) is 9.59. The van der Waals surface area contributed by atoms with Crippen molar-refractivity contribution in [2.75, 3.05) is 49.3 Å². The standard InChI is InChI=1S/C27H35N9O4/c1-3-5-13-34(17-33-12-8-9-18(28)14-33)23-25(30)35(16-22(37)40-4-2)27(39)36(26(23)38)15-21-31-20-11-7-6-10-19(20)24(29)32-21/h6-7,10-11,18H,4,8-9,12-17,28,30H2,1-2H3,(H2,29,31,32). The first kappa shape index (κ1) is 28.6. The number of benzene rings is 1. The monoisotopic (exact) mass is 549 g/mol. The van der Waals surface area contributed by atoms with Gasteiger partial charge in [0.1, 0.15) is 23.9 Å². The van der Waals surface area contributed by atoms with Crippen LogP contribution < -0.4 is 33.3 Å².